The van der Waals surface area contributed by atoms with Gasteiger partial charge in [-0.1, -0.05) is 41.9 Å². The first-order valence-corrected chi connectivity index (χ1v) is 8.11. The van der Waals surface area contributed by atoms with Crippen LogP contribution >= 0.6 is 11.6 Å². The molecule has 0 spiro atoms. The number of carbonyl (C=O) groups is 1. The molecule has 2 aromatic rings. The third-order valence-electron chi connectivity index (χ3n) is 3.63. The van der Waals surface area contributed by atoms with Gasteiger partial charge in [-0.2, -0.15) is 13.2 Å². The van der Waals surface area contributed by atoms with Crippen LogP contribution in [0.25, 0.3) is 0 Å². The highest BCUT2D eigenvalue weighted by molar-refractivity contribution is 6.33. The van der Waals surface area contributed by atoms with Gasteiger partial charge < -0.3 is 10.6 Å². The third kappa shape index (κ3) is 5.98. The van der Waals surface area contributed by atoms with Crippen LogP contribution in [0.5, 0.6) is 0 Å². The van der Waals surface area contributed by atoms with Crippen molar-refractivity contribution in [3.8, 4) is 0 Å². The molecule has 2 aromatic carbocycles. The molecule has 7 heteroatoms. The normalized spacial score (nSPS) is 12.5. The second kappa shape index (κ2) is 8.25. The Balaban J connectivity index is 1.91. The second-order valence-corrected chi connectivity index (χ2v) is 6.12. The van der Waals surface area contributed by atoms with Crippen LogP contribution < -0.4 is 10.6 Å². The third-order valence-corrected chi connectivity index (χ3v) is 3.96. The number of benzene rings is 2. The number of anilines is 1. The molecule has 1 atom stereocenters. The van der Waals surface area contributed by atoms with Gasteiger partial charge in [0.25, 0.3) is 0 Å². The fourth-order valence-electron chi connectivity index (χ4n) is 2.28. The fraction of sp³-hybridized carbons (Fsp3) is 0.278. The van der Waals surface area contributed by atoms with Gasteiger partial charge in [0.1, 0.15) is 0 Å². The van der Waals surface area contributed by atoms with Crippen LogP contribution in [0.4, 0.5) is 23.7 Å². The van der Waals surface area contributed by atoms with Crippen molar-refractivity contribution in [1.29, 1.82) is 0 Å². The first-order valence-electron chi connectivity index (χ1n) is 7.74. The lowest BCUT2D eigenvalue weighted by Gasteiger charge is -2.16. The van der Waals surface area contributed by atoms with E-state index in [0.29, 0.717) is 6.42 Å². The van der Waals surface area contributed by atoms with Gasteiger partial charge in [-0.05, 0) is 43.5 Å². The van der Waals surface area contributed by atoms with Crippen molar-refractivity contribution < 1.29 is 18.0 Å². The van der Waals surface area contributed by atoms with Gasteiger partial charge in [0.15, 0.2) is 0 Å². The van der Waals surface area contributed by atoms with Gasteiger partial charge in [-0.15, -0.1) is 0 Å². The zero-order valence-electron chi connectivity index (χ0n) is 13.5. The zero-order chi connectivity index (χ0) is 18.4. The predicted molar refractivity (Wildman–Crippen MR) is 92.8 cm³/mol. The number of urea groups is 1. The van der Waals surface area contributed by atoms with E-state index in [2.05, 4.69) is 10.6 Å². The molecule has 0 aliphatic heterocycles. The van der Waals surface area contributed by atoms with E-state index in [1.165, 1.54) is 0 Å². The Morgan fingerprint density at radius 1 is 1.16 bits per heavy atom. The number of hydrogen-bond donors (Lipinski definition) is 2. The lowest BCUT2D eigenvalue weighted by atomic mass is 10.1. The van der Waals surface area contributed by atoms with Gasteiger partial charge in [-0.25, -0.2) is 4.79 Å². The van der Waals surface area contributed by atoms with E-state index in [1.54, 1.807) is 0 Å². The molecule has 0 saturated carbocycles. The van der Waals surface area contributed by atoms with Crippen LogP contribution in [0, 0.1) is 0 Å². The summed E-state index contributed by atoms with van der Waals surface area (Å²) >= 11 is 5.86. The summed E-state index contributed by atoms with van der Waals surface area (Å²) in [5, 5.41) is 5.11. The van der Waals surface area contributed by atoms with Crippen molar-refractivity contribution in [2.24, 2.45) is 0 Å². The maximum Gasteiger partial charge on any atom is 0.416 e. The minimum absolute atomic E-state index is 0.0417. The number of halogens is 4. The summed E-state index contributed by atoms with van der Waals surface area (Å²) in [7, 11) is 0. The molecule has 2 amide bonds. The molecule has 134 valence electrons. The van der Waals surface area contributed by atoms with Gasteiger partial charge >= 0.3 is 12.2 Å². The molecular weight excluding hydrogens is 353 g/mol. The number of amides is 2. The molecule has 0 fully saturated rings. The Labute approximate surface area is 149 Å². The van der Waals surface area contributed by atoms with E-state index < -0.39 is 17.8 Å². The minimum atomic E-state index is -4.50. The maximum atomic E-state index is 12.7. The van der Waals surface area contributed by atoms with Crippen molar-refractivity contribution in [3.05, 3.63) is 64.7 Å². The highest BCUT2D eigenvalue weighted by Gasteiger charge is 2.31. The maximum absolute atomic E-state index is 12.7. The van der Waals surface area contributed by atoms with Crippen LogP contribution in [0.1, 0.15) is 24.5 Å². The first kappa shape index (κ1) is 19.1. The number of carbonyl (C=O) groups excluding carboxylic acids is 1. The Kier molecular flexibility index (Phi) is 6.31. The summed E-state index contributed by atoms with van der Waals surface area (Å²) < 4.78 is 38.2. The lowest BCUT2D eigenvalue weighted by Crippen LogP contribution is -2.36. The molecule has 1 unspecified atom stereocenters. The number of rotatable bonds is 5. The predicted octanol–water partition coefficient (Wildman–Crippen LogP) is 5.50. The standard InChI is InChI=1S/C18H18ClF3N2O/c1-12(7-8-13-5-3-2-4-6-13)23-17(25)24-16-11-14(18(20,21)22)9-10-15(16)19/h2-6,9-12H,7-8H2,1H3,(H2,23,24,25). The topological polar surface area (TPSA) is 41.1 Å². The summed E-state index contributed by atoms with van der Waals surface area (Å²) in [6.45, 7) is 1.83. The Bertz CT molecular complexity index is 720. The van der Waals surface area contributed by atoms with E-state index in [0.717, 1.165) is 30.2 Å². The Morgan fingerprint density at radius 3 is 2.48 bits per heavy atom. The quantitative estimate of drug-likeness (QED) is 0.716. The molecule has 0 bridgehead atoms. The monoisotopic (exact) mass is 370 g/mol. The largest absolute Gasteiger partial charge is 0.416 e. The number of hydrogen-bond acceptors (Lipinski definition) is 1. The summed E-state index contributed by atoms with van der Waals surface area (Å²) in [6.07, 6.45) is -3.01. The molecule has 3 nitrogen and oxygen atoms in total. The van der Waals surface area contributed by atoms with E-state index in [4.69, 9.17) is 11.6 Å². The van der Waals surface area contributed by atoms with Gasteiger partial charge in [0.2, 0.25) is 0 Å². The highest BCUT2D eigenvalue weighted by Crippen LogP contribution is 2.33. The van der Waals surface area contributed by atoms with E-state index in [9.17, 15) is 18.0 Å². The highest BCUT2D eigenvalue weighted by atomic mass is 35.5. The molecule has 25 heavy (non-hydrogen) atoms. The van der Waals surface area contributed by atoms with Crippen molar-refractivity contribution in [2.45, 2.75) is 32.0 Å². The van der Waals surface area contributed by atoms with Crippen LogP contribution in [0.2, 0.25) is 5.02 Å². The van der Waals surface area contributed by atoms with Gasteiger partial charge in [0, 0.05) is 6.04 Å². The summed E-state index contributed by atoms with van der Waals surface area (Å²) in [6, 6.07) is 11.8. The Morgan fingerprint density at radius 2 is 1.84 bits per heavy atom. The lowest BCUT2D eigenvalue weighted by molar-refractivity contribution is -0.137. The van der Waals surface area contributed by atoms with Gasteiger partial charge in [-0.3, -0.25) is 0 Å². The van der Waals surface area contributed by atoms with Crippen LogP contribution in [-0.4, -0.2) is 12.1 Å². The molecule has 2 N–H and O–H groups in total. The van der Waals surface area contributed by atoms with Crippen LogP contribution in [0.15, 0.2) is 48.5 Å². The zero-order valence-corrected chi connectivity index (χ0v) is 14.3. The number of alkyl halides is 3. The molecule has 0 radical (unpaired) electrons. The fourth-order valence-corrected chi connectivity index (χ4v) is 2.44. The smallest absolute Gasteiger partial charge is 0.335 e. The van der Waals surface area contributed by atoms with Gasteiger partial charge in [0.05, 0.1) is 16.3 Å². The number of aryl methyl sites for hydroxylation is 1. The SMILES string of the molecule is CC(CCc1ccccc1)NC(=O)Nc1cc(C(F)(F)F)ccc1Cl. The van der Waals surface area contributed by atoms with E-state index in [1.807, 2.05) is 37.3 Å². The van der Waals surface area contributed by atoms with Crippen LogP contribution in [0.3, 0.4) is 0 Å². The summed E-state index contributed by atoms with van der Waals surface area (Å²) in [5.41, 5.74) is 0.200. The summed E-state index contributed by atoms with van der Waals surface area (Å²) in [4.78, 5) is 12.0. The molecule has 0 aliphatic rings. The summed E-state index contributed by atoms with van der Waals surface area (Å²) in [5.74, 6) is 0. The average molecular weight is 371 g/mol. The van der Waals surface area contributed by atoms with E-state index >= 15 is 0 Å². The van der Waals surface area contributed by atoms with Crippen LogP contribution in [-0.2, 0) is 12.6 Å². The number of nitrogens with one attached hydrogen (secondary N) is 2. The molecule has 0 aliphatic carbocycles. The van der Waals surface area contributed by atoms with Crippen molar-refractivity contribution in [2.75, 3.05) is 5.32 Å². The van der Waals surface area contributed by atoms with Crippen molar-refractivity contribution >= 4 is 23.3 Å². The van der Waals surface area contributed by atoms with Crippen molar-refractivity contribution in [1.82, 2.24) is 5.32 Å². The Hall–Kier alpha value is -2.21. The van der Waals surface area contributed by atoms with E-state index in [-0.39, 0.29) is 16.8 Å². The second-order valence-electron chi connectivity index (χ2n) is 5.72. The first-order chi connectivity index (χ1) is 11.8. The average Bonchev–Trinajstić information content (AvgIpc) is 2.55. The van der Waals surface area contributed by atoms with Crippen molar-refractivity contribution in [3.63, 3.8) is 0 Å². The molecule has 2 rings (SSSR count). The molecule has 0 heterocycles. The molecule has 0 saturated heterocycles. The molecular formula is C18H18ClF3N2O. The minimum Gasteiger partial charge on any atom is -0.335 e. The molecule has 0 aromatic heterocycles.